The van der Waals surface area contributed by atoms with Gasteiger partial charge in [-0.2, -0.15) is 0 Å². The van der Waals surface area contributed by atoms with E-state index in [1.165, 1.54) is 11.4 Å². The summed E-state index contributed by atoms with van der Waals surface area (Å²) < 4.78 is 7.41. The van der Waals surface area contributed by atoms with Crippen molar-refractivity contribution in [3.8, 4) is 5.75 Å². The first-order valence-electron chi connectivity index (χ1n) is 6.03. The molecule has 0 aliphatic rings. The van der Waals surface area contributed by atoms with Crippen molar-refractivity contribution in [2.75, 3.05) is 7.11 Å². The van der Waals surface area contributed by atoms with E-state index in [9.17, 15) is 0 Å². The molecule has 0 spiro atoms. The second-order valence-electron chi connectivity index (χ2n) is 5.31. The van der Waals surface area contributed by atoms with Gasteiger partial charge in [0.1, 0.15) is 11.4 Å². The smallest absolute Gasteiger partial charge is 0.140 e. The van der Waals surface area contributed by atoms with Gasteiger partial charge in [0, 0.05) is 17.7 Å². The summed E-state index contributed by atoms with van der Waals surface area (Å²) in [5.41, 5.74) is 3.52. The Hall–Kier alpha value is -1.51. The van der Waals surface area contributed by atoms with Crippen molar-refractivity contribution in [3.05, 3.63) is 29.7 Å². The second-order valence-corrected chi connectivity index (χ2v) is 5.31. The van der Waals surface area contributed by atoms with Crippen LogP contribution in [0, 0.1) is 0 Å². The van der Waals surface area contributed by atoms with Crippen LogP contribution in [0.1, 0.15) is 39.1 Å². The summed E-state index contributed by atoms with van der Waals surface area (Å²) in [6.45, 7) is 8.81. The van der Waals surface area contributed by atoms with E-state index in [-0.39, 0.29) is 5.41 Å². The molecule has 0 saturated carbocycles. The highest BCUT2D eigenvalue weighted by atomic mass is 16.5. The summed E-state index contributed by atoms with van der Waals surface area (Å²) in [5.74, 6) is 0.852. The van der Waals surface area contributed by atoms with E-state index >= 15 is 0 Å². The topological polar surface area (TPSA) is 26.5 Å². The van der Waals surface area contributed by atoms with Crippen LogP contribution in [0.2, 0.25) is 0 Å². The highest BCUT2D eigenvalue weighted by Gasteiger charge is 2.23. The number of aryl methyl sites for hydroxylation is 1. The average Bonchev–Trinajstić information content (AvgIpc) is 2.65. The SMILES string of the molecule is CCc1nc2cc(OC)ccn2c1C(C)(C)C. The fraction of sp³-hybridized carbons (Fsp3) is 0.500. The Bertz CT molecular complexity index is 535. The minimum Gasteiger partial charge on any atom is -0.497 e. The van der Waals surface area contributed by atoms with Crippen LogP contribution >= 0.6 is 0 Å². The number of aromatic nitrogens is 2. The van der Waals surface area contributed by atoms with Crippen molar-refractivity contribution in [3.63, 3.8) is 0 Å². The number of methoxy groups -OCH3 is 1. The lowest BCUT2D eigenvalue weighted by molar-refractivity contribution is 0.414. The van der Waals surface area contributed by atoms with Crippen LogP contribution in [0.15, 0.2) is 18.3 Å². The molecule has 0 N–H and O–H groups in total. The first-order valence-corrected chi connectivity index (χ1v) is 6.03. The van der Waals surface area contributed by atoms with Gasteiger partial charge in [-0.15, -0.1) is 0 Å². The lowest BCUT2D eigenvalue weighted by Crippen LogP contribution is -2.16. The van der Waals surface area contributed by atoms with Gasteiger partial charge in [-0.1, -0.05) is 27.7 Å². The molecule has 0 unspecified atom stereocenters. The van der Waals surface area contributed by atoms with E-state index in [0.717, 1.165) is 17.8 Å². The summed E-state index contributed by atoms with van der Waals surface area (Å²) in [6, 6.07) is 3.96. The van der Waals surface area contributed by atoms with Crippen LogP contribution < -0.4 is 4.74 Å². The van der Waals surface area contributed by atoms with Crippen LogP contribution in [-0.2, 0) is 11.8 Å². The van der Waals surface area contributed by atoms with Crippen LogP contribution in [0.5, 0.6) is 5.75 Å². The Morgan fingerprint density at radius 3 is 2.59 bits per heavy atom. The number of hydrogen-bond donors (Lipinski definition) is 0. The third kappa shape index (κ3) is 2.02. The number of ether oxygens (including phenoxy) is 1. The fourth-order valence-corrected chi connectivity index (χ4v) is 2.24. The molecule has 92 valence electrons. The Labute approximate surface area is 102 Å². The van der Waals surface area contributed by atoms with Crippen molar-refractivity contribution >= 4 is 5.65 Å². The third-order valence-electron chi connectivity index (χ3n) is 2.95. The molecule has 3 heteroatoms. The van der Waals surface area contributed by atoms with E-state index in [4.69, 9.17) is 4.74 Å². The van der Waals surface area contributed by atoms with Gasteiger partial charge in [0.15, 0.2) is 0 Å². The summed E-state index contributed by atoms with van der Waals surface area (Å²) >= 11 is 0. The molecule has 0 radical (unpaired) electrons. The maximum absolute atomic E-state index is 5.24. The largest absolute Gasteiger partial charge is 0.497 e. The van der Waals surface area contributed by atoms with Crippen molar-refractivity contribution in [2.45, 2.75) is 39.5 Å². The molecule has 0 fully saturated rings. The minimum atomic E-state index is 0.0966. The van der Waals surface area contributed by atoms with Gasteiger partial charge in [-0.05, 0) is 12.5 Å². The van der Waals surface area contributed by atoms with Crippen molar-refractivity contribution < 1.29 is 4.74 Å². The highest BCUT2D eigenvalue weighted by molar-refractivity contribution is 5.49. The van der Waals surface area contributed by atoms with Crippen LogP contribution in [0.3, 0.4) is 0 Å². The summed E-state index contributed by atoms with van der Waals surface area (Å²) in [6.07, 6.45) is 3.00. The molecule has 0 aliphatic carbocycles. The third-order valence-corrected chi connectivity index (χ3v) is 2.95. The molecule has 0 amide bonds. The second kappa shape index (κ2) is 4.06. The zero-order valence-corrected chi connectivity index (χ0v) is 11.2. The van der Waals surface area contributed by atoms with Gasteiger partial charge >= 0.3 is 0 Å². The lowest BCUT2D eigenvalue weighted by atomic mass is 9.90. The molecule has 2 aromatic rings. The normalized spacial score (nSPS) is 12.1. The zero-order chi connectivity index (χ0) is 12.6. The molecule has 2 heterocycles. The molecule has 2 rings (SSSR count). The Morgan fingerprint density at radius 2 is 2.06 bits per heavy atom. The Kier molecular flexibility index (Phi) is 2.86. The summed E-state index contributed by atoms with van der Waals surface area (Å²) in [4.78, 5) is 4.69. The maximum atomic E-state index is 5.24. The van der Waals surface area contributed by atoms with Gasteiger partial charge in [0.05, 0.1) is 18.5 Å². The van der Waals surface area contributed by atoms with Gasteiger partial charge < -0.3 is 9.14 Å². The molecule has 0 bridgehead atoms. The molecule has 0 aliphatic heterocycles. The molecule has 0 saturated heterocycles. The Balaban J connectivity index is 2.73. The van der Waals surface area contributed by atoms with Gasteiger partial charge in [0.2, 0.25) is 0 Å². The average molecular weight is 232 g/mol. The van der Waals surface area contributed by atoms with Crippen molar-refractivity contribution in [1.82, 2.24) is 9.38 Å². The van der Waals surface area contributed by atoms with E-state index in [1.807, 2.05) is 18.3 Å². The minimum absolute atomic E-state index is 0.0966. The van der Waals surface area contributed by atoms with E-state index < -0.39 is 0 Å². The fourth-order valence-electron chi connectivity index (χ4n) is 2.24. The predicted molar refractivity (Wildman–Crippen MR) is 69.8 cm³/mol. The number of nitrogens with zero attached hydrogens (tertiary/aromatic N) is 2. The molecule has 2 aromatic heterocycles. The molecule has 3 nitrogen and oxygen atoms in total. The number of rotatable bonds is 2. The van der Waals surface area contributed by atoms with Crippen molar-refractivity contribution in [1.29, 1.82) is 0 Å². The van der Waals surface area contributed by atoms with Gasteiger partial charge in [-0.3, -0.25) is 0 Å². The lowest BCUT2D eigenvalue weighted by Gasteiger charge is -2.20. The molecule has 0 aromatic carbocycles. The quantitative estimate of drug-likeness (QED) is 0.795. The molecule has 0 atom stereocenters. The molecular formula is C14H20N2O. The first kappa shape index (κ1) is 12.0. The van der Waals surface area contributed by atoms with Gasteiger partial charge in [0.25, 0.3) is 0 Å². The number of hydrogen-bond acceptors (Lipinski definition) is 2. The summed E-state index contributed by atoms with van der Waals surface area (Å²) in [5, 5.41) is 0. The van der Waals surface area contributed by atoms with Crippen molar-refractivity contribution in [2.24, 2.45) is 0 Å². The number of imidazole rings is 1. The molecular weight excluding hydrogens is 212 g/mol. The summed E-state index contributed by atoms with van der Waals surface area (Å²) in [7, 11) is 1.68. The highest BCUT2D eigenvalue weighted by Crippen LogP contribution is 2.28. The number of fused-ring (bicyclic) bond motifs is 1. The van der Waals surface area contributed by atoms with E-state index in [0.29, 0.717) is 0 Å². The van der Waals surface area contributed by atoms with Crippen LogP contribution in [0.4, 0.5) is 0 Å². The first-order chi connectivity index (χ1) is 7.97. The predicted octanol–water partition coefficient (Wildman–Crippen LogP) is 3.20. The maximum Gasteiger partial charge on any atom is 0.140 e. The standard InChI is InChI=1S/C14H20N2O/c1-6-11-13(14(2,3)4)16-8-7-10(17-5)9-12(16)15-11/h7-9H,6H2,1-5H3. The van der Waals surface area contributed by atoms with E-state index in [2.05, 4.69) is 37.1 Å². The van der Waals surface area contributed by atoms with E-state index in [1.54, 1.807) is 7.11 Å². The molecule has 17 heavy (non-hydrogen) atoms. The van der Waals surface area contributed by atoms with Crippen LogP contribution in [-0.4, -0.2) is 16.5 Å². The Morgan fingerprint density at radius 1 is 1.35 bits per heavy atom. The van der Waals surface area contributed by atoms with Gasteiger partial charge in [-0.25, -0.2) is 4.98 Å². The zero-order valence-electron chi connectivity index (χ0n) is 11.2. The monoisotopic (exact) mass is 232 g/mol. The number of pyridine rings is 1. The van der Waals surface area contributed by atoms with Crippen LogP contribution in [0.25, 0.3) is 5.65 Å².